The SMILES string of the molecule is CCCCCCCCCCCCCCCCCCCCCCC/C=C/C(=O)O. The fourth-order valence-electron chi connectivity index (χ4n) is 3.88. The van der Waals surface area contributed by atoms with Crippen molar-refractivity contribution in [2.24, 2.45) is 0 Å². The highest BCUT2D eigenvalue weighted by atomic mass is 16.4. The third-order valence-electron chi connectivity index (χ3n) is 5.73. The maximum atomic E-state index is 10.3. The van der Waals surface area contributed by atoms with Crippen LogP contribution in [0.15, 0.2) is 12.2 Å². The van der Waals surface area contributed by atoms with Crippen LogP contribution >= 0.6 is 0 Å². The van der Waals surface area contributed by atoms with E-state index < -0.39 is 5.97 Å². The lowest BCUT2D eigenvalue weighted by molar-refractivity contribution is -0.131. The maximum absolute atomic E-state index is 10.3. The van der Waals surface area contributed by atoms with E-state index in [-0.39, 0.29) is 0 Å². The average Bonchev–Trinajstić information content (AvgIpc) is 2.68. The van der Waals surface area contributed by atoms with Gasteiger partial charge in [0.05, 0.1) is 0 Å². The van der Waals surface area contributed by atoms with E-state index in [0.717, 1.165) is 12.8 Å². The first kappa shape index (κ1) is 27.2. The fourth-order valence-corrected chi connectivity index (χ4v) is 3.88. The van der Waals surface area contributed by atoms with E-state index in [1.807, 2.05) is 0 Å². The molecule has 166 valence electrons. The van der Waals surface area contributed by atoms with Gasteiger partial charge < -0.3 is 5.11 Å². The zero-order valence-corrected chi connectivity index (χ0v) is 19.1. The van der Waals surface area contributed by atoms with Crippen LogP contribution < -0.4 is 0 Å². The second-order valence-electron chi connectivity index (χ2n) is 8.60. The lowest BCUT2D eigenvalue weighted by atomic mass is 10.0. The molecular formula is C26H50O2. The molecule has 0 rings (SSSR count). The van der Waals surface area contributed by atoms with Crippen molar-refractivity contribution in [2.75, 3.05) is 0 Å². The van der Waals surface area contributed by atoms with E-state index in [1.165, 1.54) is 134 Å². The zero-order valence-electron chi connectivity index (χ0n) is 19.1. The Morgan fingerprint density at radius 1 is 0.536 bits per heavy atom. The molecule has 2 heteroatoms. The van der Waals surface area contributed by atoms with Crippen LogP contribution in [-0.4, -0.2) is 11.1 Å². The van der Waals surface area contributed by atoms with Gasteiger partial charge in [0.15, 0.2) is 0 Å². The smallest absolute Gasteiger partial charge is 0.327 e. The first-order chi connectivity index (χ1) is 13.8. The average molecular weight is 395 g/mol. The van der Waals surface area contributed by atoms with Crippen LogP contribution in [0.3, 0.4) is 0 Å². The van der Waals surface area contributed by atoms with E-state index in [4.69, 9.17) is 5.11 Å². The summed E-state index contributed by atoms with van der Waals surface area (Å²) in [6, 6.07) is 0. The summed E-state index contributed by atoms with van der Waals surface area (Å²) in [6.07, 6.45) is 33.4. The number of aliphatic carboxylic acids is 1. The van der Waals surface area contributed by atoms with E-state index in [1.54, 1.807) is 6.08 Å². The van der Waals surface area contributed by atoms with Gasteiger partial charge in [-0.25, -0.2) is 4.79 Å². The third-order valence-corrected chi connectivity index (χ3v) is 5.73. The summed E-state index contributed by atoms with van der Waals surface area (Å²) < 4.78 is 0. The third kappa shape index (κ3) is 25.2. The van der Waals surface area contributed by atoms with E-state index >= 15 is 0 Å². The molecule has 0 aromatic carbocycles. The van der Waals surface area contributed by atoms with Crippen LogP contribution in [0.1, 0.15) is 148 Å². The molecule has 2 nitrogen and oxygen atoms in total. The summed E-state index contributed by atoms with van der Waals surface area (Å²) in [5.74, 6) is -0.830. The molecule has 0 heterocycles. The second kappa shape index (κ2) is 24.2. The normalized spacial score (nSPS) is 11.5. The number of carboxylic acid groups (broad SMARTS) is 1. The highest BCUT2D eigenvalue weighted by Crippen LogP contribution is 2.15. The Morgan fingerprint density at radius 2 is 0.821 bits per heavy atom. The van der Waals surface area contributed by atoms with Gasteiger partial charge in [0.1, 0.15) is 0 Å². The molecule has 0 radical (unpaired) electrons. The van der Waals surface area contributed by atoms with E-state index in [0.29, 0.717) is 0 Å². The number of hydrogen-bond acceptors (Lipinski definition) is 1. The predicted molar refractivity (Wildman–Crippen MR) is 124 cm³/mol. The molecule has 0 aromatic rings. The number of rotatable bonds is 23. The summed E-state index contributed by atoms with van der Waals surface area (Å²) in [6.45, 7) is 2.29. The van der Waals surface area contributed by atoms with E-state index in [9.17, 15) is 4.79 Å². The molecule has 28 heavy (non-hydrogen) atoms. The standard InChI is InChI=1S/C26H50O2/c1-2-3-4-5-6-7-8-9-10-11-12-13-14-15-16-17-18-19-20-21-22-23-24-25-26(27)28/h24-25H,2-23H2,1H3,(H,27,28)/b25-24+. The molecule has 1 N–H and O–H groups in total. The van der Waals surface area contributed by atoms with Crippen molar-refractivity contribution in [1.82, 2.24) is 0 Å². The van der Waals surface area contributed by atoms with Crippen LogP contribution in [0.5, 0.6) is 0 Å². The molecule has 0 aromatic heterocycles. The number of hydrogen-bond donors (Lipinski definition) is 1. The fraction of sp³-hybridized carbons (Fsp3) is 0.885. The van der Waals surface area contributed by atoms with Crippen molar-refractivity contribution in [3.05, 3.63) is 12.2 Å². The summed E-state index contributed by atoms with van der Waals surface area (Å²) in [7, 11) is 0. The summed E-state index contributed by atoms with van der Waals surface area (Å²) in [5, 5.41) is 8.50. The summed E-state index contributed by atoms with van der Waals surface area (Å²) >= 11 is 0. The molecule has 0 saturated heterocycles. The molecule has 0 saturated carbocycles. The first-order valence-electron chi connectivity index (χ1n) is 12.7. The van der Waals surface area contributed by atoms with Crippen molar-refractivity contribution in [3.8, 4) is 0 Å². The van der Waals surface area contributed by atoms with Crippen molar-refractivity contribution >= 4 is 5.97 Å². The van der Waals surface area contributed by atoms with Gasteiger partial charge in [0, 0.05) is 6.08 Å². The largest absolute Gasteiger partial charge is 0.478 e. The summed E-state index contributed by atoms with van der Waals surface area (Å²) in [4.78, 5) is 10.3. The molecule has 0 fully saturated rings. The Morgan fingerprint density at radius 3 is 1.11 bits per heavy atom. The zero-order chi connectivity index (χ0) is 20.5. The Hall–Kier alpha value is -0.790. The predicted octanol–water partition coefficient (Wildman–Crippen LogP) is 9.23. The van der Waals surface area contributed by atoms with Crippen LogP contribution in [0.2, 0.25) is 0 Å². The number of carbonyl (C=O) groups is 1. The second-order valence-corrected chi connectivity index (χ2v) is 8.60. The van der Waals surface area contributed by atoms with Gasteiger partial charge in [-0.15, -0.1) is 0 Å². The highest BCUT2D eigenvalue weighted by molar-refractivity contribution is 5.79. The van der Waals surface area contributed by atoms with Crippen LogP contribution in [0.25, 0.3) is 0 Å². The number of allylic oxidation sites excluding steroid dienone is 1. The van der Waals surface area contributed by atoms with Gasteiger partial charge in [0.2, 0.25) is 0 Å². The topological polar surface area (TPSA) is 37.3 Å². The molecule has 0 aliphatic carbocycles. The Kier molecular flexibility index (Phi) is 23.6. The lowest BCUT2D eigenvalue weighted by Gasteiger charge is -2.04. The Labute approximate surface area is 176 Å². The van der Waals surface area contributed by atoms with Crippen LogP contribution in [0, 0.1) is 0 Å². The van der Waals surface area contributed by atoms with Gasteiger partial charge >= 0.3 is 5.97 Å². The Balaban J connectivity index is 3.02. The quantitative estimate of drug-likeness (QED) is 0.138. The van der Waals surface area contributed by atoms with Crippen molar-refractivity contribution in [3.63, 3.8) is 0 Å². The number of unbranched alkanes of at least 4 members (excludes halogenated alkanes) is 21. The van der Waals surface area contributed by atoms with Gasteiger partial charge in [-0.3, -0.25) is 0 Å². The molecule has 0 bridgehead atoms. The van der Waals surface area contributed by atoms with Crippen molar-refractivity contribution < 1.29 is 9.90 Å². The van der Waals surface area contributed by atoms with Crippen molar-refractivity contribution in [1.29, 1.82) is 0 Å². The highest BCUT2D eigenvalue weighted by Gasteiger charge is 1.95. The molecule has 0 unspecified atom stereocenters. The first-order valence-corrected chi connectivity index (χ1v) is 12.7. The monoisotopic (exact) mass is 394 g/mol. The number of carboxylic acids is 1. The molecule has 0 aliphatic rings. The van der Waals surface area contributed by atoms with Gasteiger partial charge in [-0.2, -0.15) is 0 Å². The molecule has 0 aliphatic heterocycles. The molecule has 0 atom stereocenters. The van der Waals surface area contributed by atoms with Crippen LogP contribution in [0.4, 0.5) is 0 Å². The van der Waals surface area contributed by atoms with Gasteiger partial charge in [0.25, 0.3) is 0 Å². The molecule has 0 amide bonds. The minimum atomic E-state index is -0.830. The van der Waals surface area contributed by atoms with E-state index in [2.05, 4.69) is 6.92 Å². The van der Waals surface area contributed by atoms with Crippen LogP contribution in [-0.2, 0) is 4.79 Å². The minimum Gasteiger partial charge on any atom is -0.478 e. The maximum Gasteiger partial charge on any atom is 0.327 e. The Bertz CT molecular complexity index is 335. The van der Waals surface area contributed by atoms with Gasteiger partial charge in [-0.1, -0.05) is 141 Å². The summed E-state index contributed by atoms with van der Waals surface area (Å²) in [5.41, 5.74) is 0. The van der Waals surface area contributed by atoms with Crippen molar-refractivity contribution in [2.45, 2.75) is 148 Å². The van der Waals surface area contributed by atoms with Gasteiger partial charge in [-0.05, 0) is 12.8 Å². The molecular weight excluding hydrogens is 344 g/mol. The lowest BCUT2D eigenvalue weighted by Crippen LogP contribution is -1.86. The minimum absolute atomic E-state index is 0.830. The molecule has 0 spiro atoms.